The molecule has 1 aromatic rings. The Balaban J connectivity index is 2.37. The maximum atomic E-state index is 10.6. The van der Waals surface area contributed by atoms with Crippen molar-refractivity contribution in [2.75, 3.05) is 5.01 Å². The van der Waals surface area contributed by atoms with Crippen LogP contribution in [0.1, 0.15) is 10.5 Å². The molecule has 1 N–H and O–H groups in total. The summed E-state index contributed by atoms with van der Waals surface area (Å²) in [4.78, 5) is 23.1. The molecule has 0 aliphatic carbocycles. The Kier molecular flexibility index (Phi) is 1.89. The van der Waals surface area contributed by atoms with Gasteiger partial charge in [0.15, 0.2) is 12.1 Å². The van der Waals surface area contributed by atoms with Crippen LogP contribution in [0.15, 0.2) is 24.9 Å². The summed E-state index contributed by atoms with van der Waals surface area (Å²) in [5.74, 6) is 0.409. The van der Waals surface area contributed by atoms with Gasteiger partial charge in [-0.1, -0.05) is 5.59 Å². The summed E-state index contributed by atoms with van der Waals surface area (Å²) < 4.78 is 0. The van der Waals surface area contributed by atoms with Crippen LogP contribution in [0.3, 0.4) is 0 Å². The van der Waals surface area contributed by atoms with Gasteiger partial charge in [0, 0.05) is 12.4 Å². The van der Waals surface area contributed by atoms with Crippen molar-refractivity contribution in [3.8, 4) is 0 Å². The van der Waals surface area contributed by atoms with E-state index in [-0.39, 0.29) is 5.69 Å². The molecule has 0 bridgehead atoms. The third-order valence-corrected chi connectivity index (χ3v) is 1.48. The molecule has 0 fully saturated rings. The molecule has 66 valence electrons. The molecule has 1 aliphatic heterocycles. The number of hydrogen-bond acceptors (Lipinski definition) is 6. The molecule has 2 heterocycles. The van der Waals surface area contributed by atoms with Crippen LogP contribution in [-0.4, -0.2) is 16.3 Å². The molecule has 0 aromatic carbocycles. The Hall–Kier alpha value is -1.95. The highest BCUT2D eigenvalue weighted by Crippen LogP contribution is 2.13. The summed E-state index contributed by atoms with van der Waals surface area (Å²) in [5, 5.41) is 1.46. The summed E-state index contributed by atoms with van der Waals surface area (Å²) >= 11 is 0. The van der Waals surface area contributed by atoms with Crippen LogP contribution in [0.25, 0.3) is 0 Å². The Morgan fingerprint density at radius 2 is 2.31 bits per heavy atom. The lowest BCUT2D eigenvalue weighted by molar-refractivity contribution is 0.111. The first-order valence-electron chi connectivity index (χ1n) is 3.55. The largest absolute Gasteiger partial charge is 0.395 e. The number of anilines is 1. The number of nitrogens with one attached hydrogen (secondary N) is 1. The second kappa shape index (κ2) is 3.20. The summed E-state index contributed by atoms with van der Waals surface area (Å²) in [7, 11) is 0. The minimum Gasteiger partial charge on any atom is -0.395 e. The van der Waals surface area contributed by atoms with Gasteiger partial charge in [-0.15, -0.1) is 0 Å². The molecule has 0 atom stereocenters. The third-order valence-electron chi connectivity index (χ3n) is 1.48. The van der Waals surface area contributed by atoms with E-state index in [0.717, 1.165) is 0 Å². The van der Waals surface area contributed by atoms with Crippen LogP contribution in [0.5, 0.6) is 0 Å². The highest BCUT2D eigenvalue weighted by Gasteiger charge is 2.13. The summed E-state index contributed by atoms with van der Waals surface area (Å²) in [6.07, 6.45) is 6.61. The van der Waals surface area contributed by atoms with E-state index >= 15 is 0 Å². The van der Waals surface area contributed by atoms with Gasteiger partial charge >= 0.3 is 0 Å². The number of rotatable bonds is 2. The van der Waals surface area contributed by atoms with Gasteiger partial charge < -0.3 is 4.84 Å². The van der Waals surface area contributed by atoms with E-state index < -0.39 is 0 Å². The molecular weight excluding hydrogens is 172 g/mol. The van der Waals surface area contributed by atoms with E-state index in [9.17, 15) is 4.79 Å². The van der Waals surface area contributed by atoms with Crippen molar-refractivity contribution in [3.05, 3.63) is 30.5 Å². The number of hydrazine groups is 1. The minimum atomic E-state index is 0.255. The van der Waals surface area contributed by atoms with E-state index in [0.29, 0.717) is 12.1 Å². The third kappa shape index (κ3) is 1.34. The van der Waals surface area contributed by atoms with Gasteiger partial charge in [-0.2, -0.15) is 0 Å². The fourth-order valence-corrected chi connectivity index (χ4v) is 0.933. The fraction of sp³-hybridized carbons (Fsp3) is 0. The van der Waals surface area contributed by atoms with Gasteiger partial charge in [0.25, 0.3) is 0 Å². The van der Waals surface area contributed by atoms with Gasteiger partial charge in [-0.05, 0) is 0 Å². The highest BCUT2D eigenvalue weighted by molar-refractivity contribution is 5.79. The first kappa shape index (κ1) is 7.69. The zero-order chi connectivity index (χ0) is 9.10. The number of carbonyl (C=O) groups is 1. The van der Waals surface area contributed by atoms with Crippen LogP contribution < -0.4 is 10.6 Å². The van der Waals surface area contributed by atoms with E-state index in [4.69, 9.17) is 4.84 Å². The smallest absolute Gasteiger partial charge is 0.179 e. The van der Waals surface area contributed by atoms with Crippen molar-refractivity contribution in [1.29, 1.82) is 0 Å². The summed E-state index contributed by atoms with van der Waals surface area (Å²) in [6, 6.07) is 0. The van der Waals surface area contributed by atoms with Gasteiger partial charge in [-0.3, -0.25) is 4.79 Å². The van der Waals surface area contributed by atoms with Crippen molar-refractivity contribution < 1.29 is 9.63 Å². The number of hydrogen-bond donors (Lipinski definition) is 1. The summed E-state index contributed by atoms with van der Waals surface area (Å²) in [5.41, 5.74) is 2.76. The lowest BCUT2D eigenvalue weighted by atomic mass is 10.4. The Morgan fingerprint density at radius 3 is 3.00 bits per heavy atom. The molecule has 1 aromatic heterocycles. The Bertz CT molecular complexity index is 352. The molecule has 2 rings (SSSR count). The van der Waals surface area contributed by atoms with Crippen LogP contribution in [0, 0.1) is 0 Å². The van der Waals surface area contributed by atoms with E-state index in [1.807, 2.05) is 0 Å². The highest BCUT2D eigenvalue weighted by atomic mass is 16.7. The maximum Gasteiger partial charge on any atom is 0.179 e. The standard InChI is InChI=1S/C7H6N4O2/c12-5-6-7(9-2-1-8-6)11-3-4-13-10-11/h1-5,10H. The molecule has 0 unspecified atom stereocenters. The Labute approximate surface area is 73.8 Å². The van der Waals surface area contributed by atoms with Crippen molar-refractivity contribution in [3.63, 3.8) is 0 Å². The lowest BCUT2D eigenvalue weighted by Gasteiger charge is -2.12. The maximum absolute atomic E-state index is 10.6. The van der Waals surface area contributed by atoms with E-state index in [2.05, 4.69) is 15.6 Å². The molecule has 0 saturated heterocycles. The monoisotopic (exact) mass is 178 g/mol. The molecule has 1 aliphatic rings. The molecular formula is C7H6N4O2. The number of carbonyl (C=O) groups excluding carboxylic acids is 1. The molecule has 6 heteroatoms. The van der Waals surface area contributed by atoms with E-state index in [1.54, 1.807) is 6.20 Å². The summed E-state index contributed by atoms with van der Waals surface area (Å²) in [6.45, 7) is 0. The van der Waals surface area contributed by atoms with Crippen molar-refractivity contribution in [1.82, 2.24) is 15.6 Å². The topological polar surface area (TPSA) is 67.4 Å². The number of aldehydes is 1. The molecule has 0 spiro atoms. The number of nitrogens with zero attached hydrogens (tertiary/aromatic N) is 3. The van der Waals surface area contributed by atoms with Crippen molar-refractivity contribution in [2.24, 2.45) is 0 Å². The molecule has 13 heavy (non-hydrogen) atoms. The predicted molar refractivity (Wildman–Crippen MR) is 43.3 cm³/mol. The average molecular weight is 178 g/mol. The minimum absolute atomic E-state index is 0.255. The molecule has 0 saturated carbocycles. The second-order valence-corrected chi connectivity index (χ2v) is 2.25. The average Bonchev–Trinajstić information content (AvgIpc) is 2.70. The molecule has 0 radical (unpaired) electrons. The van der Waals surface area contributed by atoms with Crippen LogP contribution in [0.4, 0.5) is 5.82 Å². The molecule has 0 amide bonds. The lowest BCUT2D eigenvalue weighted by Crippen LogP contribution is -2.29. The SMILES string of the molecule is O=Cc1nccnc1N1C=CON1. The second-order valence-electron chi connectivity index (χ2n) is 2.25. The first-order valence-corrected chi connectivity index (χ1v) is 3.55. The first-order chi connectivity index (χ1) is 6.42. The van der Waals surface area contributed by atoms with Crippen molar-refractivity contribution in [2.45, 2.75) is 0 Å². The predicted octanol–water partition coefficient (Wildman–Crippen LogP) is 0.0165. The zero-order valence-electron chi connectivity index (χ0n) is 6.54. The van der Waals surface area contributed by atoms with Gasteiger partial charge in [0.1, 0.15) is 12.0 Å². The van der Waals surface area contributed by atoms with Gasteiger partial charge in [-0.25, -0.2) is 15.0 Å². The van der Waals surface area contributed by atoms with Gasteiger partial charge in [0.05, 0.1) is 6.20 Å². The van der Waals surface area contributed by atoms with E-state index in [1.165, 1.54) is 23.7 Å². The van der Waals surface area contributed by atoms with Crippen LogP contribution in [0.2, 0.25) is 0 Å². The van der Waals surface area contributed by atoms with Crippen LogP contribution in [-0.2, 0) is 4.84 Å². The normalized spacial score (nSPS) is 14.3. The van der Waals surface area contributed by atoms with Crippen LogP contribution >= 0.6 is 0 Å². The Morgan fingerprint density at radius 1 is 1.46 bits per heavy atom. The fourth-order valence-electron chi connectivity index (χ4n) is 0.933. The van der Waals surface area contributed by atoms with Crippen molar-refractivity contribution >= 4 is 12.1 Å². The number of aromatic nitrogens is 2. The molecule has 6 nitrogen and oxygen atoms in total. The van der Waals surface area contributed by atoms with Gasteiger partial charge in [0.2, 0.25) is 0 Å². The quantitative estimate of drug-likeness (QED) is 0.644. The zero-order valence-corrected chi connectivity index (χ0v) is 6.54.